The maximum Gasteiger partial charge on any atom is 0.420 e. The summed E-state index contributed by atoms with van der Waals surface area (Å²) in [6.45, 7) is 0.148. The number of methoxy groups -OCH3 is 1. The van der Waals surface area contributed by atoms with Crippen molar-refractivity contribution in [3.05, 3.63) is 27.7 Å². The first-order chi connectivity index (χ1) is 6.90. The SMILES string of the molecule is COc1cc(CN)c(Br)cc1C(F)(F)F. The average Bonchev–Trinajstić information content (AvgIpc) is 2.16. The van der Waals surface area contributed by atoms with Crippen molar-refractivity contribution in [3.8, 4) is 5.75 Å². The highest BCUT2D eigenvalue weighted by molar-refractivity contribution is 9.10. The molecule has 0 saturated carbocycles. The van der Waals surface area contributed by atoms with E-state index in [9.17, 15) is 13.2 Å². The molecule has 0 atom stereocenters. The molecule has 84 valence electrons. The van der Waals surface area contributed by atoms with Gasteiger partial charge in [-0.1, -0.05) is 15.9 Å². The van der Waals surface area contributed by atoms with Crippen molar-refractivity contribution in [2.24, 2.45) is 5.73 Å². The summed E-state index contributed by atoms with van der Waals surface area (Å²) in [4.78, 5) is 0. The smallest absolute Gasteiger partial charge is 0.420 e. The van der Waals surface area contributed by atoms with E-state index in [1.54, 1.807) is 0 Å². The van der Waals surface area contributed by atoms with Crippen LogP contribution in [0.3, 0.4) is 0 Å². The van der Waals surface area contributed by atoms with Gasteiger partial charge in [0.15, 0.2) is 0 Å². The normalized spacial score (nSPS) is 11.6. The van der Waals surface area contributed by atoms with Crippen molar-refractivity contribution in [2.75, 3.05) is 7.11 Å². The van der Waals surface area contributed by atoms with E-state index in [0.717, 1.165) is 6.07 Å². The van der Waals surface area contributed by atoms with Crippen LogP contribution in [0, 0.1) is 0 Å². The van der Waals surface area contributed by atoms with E-state index in [4.69, 9.17) is 5.73 Å². The van der Waals surface area contributed by atoms with Gasteiger partial charge in [0.25, 0.3) is 0 Å². The quantitative estimate of drug-likeness (QED) is 0.906. The molecule has 6 heteroatoms. The molecule has 0 fully saturated rings. The number of nitrogens with two attached hydrogens (primary N) is 1. The molecule has 0 bridgehead atoms. The molecular weight excluding hydrogens is 275 g/mol. The largest absolute Gasteiger partial charge is 0.496 e. The lowest BCUT2D eigenvalue weighted by Gasteiger charge is -2.14. The minimum Gasteiger partial charge on any atom is -0.496 e. The van der Waals surface area contributed by atoms with Crippen LogP contribution >= 0.6 is 15.9 Å². The number of hydrogen-bond donors (Lipinski definition) is 1. The van der Waals surface area contributed by atoms with Gasteiger partial charge in [0, 0.05) is 11.0 Å². The van der Waals surface area contributed by atoms with Gasteiger partial charge in [-0.05, 0) is 17.7 Å². The molecule has 0 radical (unpaired) electrons. The van der Waals surface area contributed by atoms with Gasteiger partial charge in [0.1, 0.15) is 5.75 Å². The Morgan fingerprint density at radius 1 is 1.40 bits per heavy atom. The molecule has 0 unspecified atom stereocenters. The van der Waals surface area contributed by atoms with Gasteiger partial charge in [0.05, 0.1) is 12.7 Å². The Kier molecular flexibility index (Phi) is 3.62. The third kappa shape index (κ3) is 2.63. The minimum atomic E-state index is -4.43. The van der Waals surface area contributed by atoms with Crippen LogP contribution in [0.5, 0.6) is 5.75 Å². The van der Waals surface area contributed by atoms with Crippen molar-refractivity contribution in [2.45, 2.75) is 12.7 Å². The molecule has 0 spiro atoms. The second-order valence-electron chi connectivity index (χ2n) is 2.85. The van der Waals surface area contributed by atoms with E-state index < -0.39 is 11.7 Å². The van der Waals surface area contributed by atoms with Crippen LogP contribution in [0.1, 0.15) is 11.1 Å². The van der Waals surface area contributed by atoms with Crippen LogP contribution in [0.4, 0.5) is 13.2 Å². The maximum absolute atomic E-state index is 12.5. The Morgan fingerprint density at radius 2 is 2.00 bits per heavy atom. The first-order valence-corrected chi connectivity index (χ1v) is 4.83. The monoisotopic (exact) mass is 283 g/mol. The second-order valence-corrected chi connectivity index (χ2v) is 3.70. The molecule has 1 rings (SSSR count). The summed E-state index contributed by atoms with van der Waals surface area (Å²) in [6.07, 6.45) is -4.43. The van der Waals surface area contributed by atoms with E-state index in [-0.39, 0.29) is 12.3 Å². The molecule has 0 amide bonds. The van der Waals surface area contributed by atoms with Gasteiger partial charge in [-0.2, -0.15) is 13.2 Å². The van der Waals surface area contributed by atoms with E-state index in [1.165, 1.54) is 13.2 Å². The topological polar surface area (TPSA) is 35.2 Å². The van der Waals surface area contributed by atoms with Crippen LogP contribution in [0.2, 0.25) is 0 Å². The zero-order valence-electron chi connectivity index (χ0n) is 7.86. The average molecular weight is 284 g/mol. The summed E-state index contributed by atoms with van der Waals surface area (Å²) >= 11 is 3.03. The van der Waals surface area contributed by atoms with Crippen molar-refractivity contribution in [1.29, 1.82) is 0 Å². The molecule has 2 nitrogen and oxygen atoms in total. The number of hydrogen-bond acceptors (Lipinski definition) is 2. The highest BCUT2D eigenvalue weighted by Gasteiger charge is 2.34. The number of alkyl halides is 3. The molecule has 2 N–H and O–H groups in total. The Hall–Kier alpha value is -0.750. The maximum atomic E-state index is 12.5. The van der Waals surface area contributed by atoms with Crippen LogP contribution in [0.25, 0.3) is 0 Å². The molecule has 1 aromatic rings. The third-order valence-corrected chi connectivity index (χ3v) is 2.63. The Labute approximate surface area is 93.3 Å². The van der Waals surface area contributed by atoms with Crippen LogP contribution in [0.15, 0.2) is 16.6 Å². The Morgan fingerprint density at radius 3 is 2.40 bits per heavy atom. The summed E-state index contributed by atoms with van der Waals surface area (Å²) < 4.78 is 42.6. The molecule has 15 heavy (non-hydrogen) atoms. The van der Waals surface area contributed by atoms with E-state index in [1.807, 2.05) is 0 Å². The van der Waals surface area contributed by atoms with Crippen LogP contribution in [-0.2, 0) is 12.7 Å². The fourth-order valence-corrected chi connectivity index (χ4v) is 1.65. The molecule has 1 aromatic carbocycles. The van der Waals surface area contributed by atoms with Gasteiger partial charge in [-0.25, -0.2) is 0 Å². The standard InChI is InChI=1S/C9H9BrF3NO/c1-15-8-2-5(4-14)7(10)3-6(8)9(11,12)13/h2-3H,4,14H2,1H3. The molecule has 0 aliphatic heterocycles. The lowest BCUT2D eigenvalue weighted by atomic mass is 10.1. The Bertz CT molecular complexity index is 365. The van der Waals surface area contributed by atoms with Crippen molar-refractivity contribution < 1.29 is 17.9 Å². The van der Waals surface area contributed by atoms with Crippen LogP contribution in [-0.4, -0.2) is 7.11 Å². The minimum absolute atomic E-state index is 0.148. The lowest BCUT2D eigenvalue weighted by molar-refractivity contribution is -0.138. The van der Waals surface area contributed by atoms with Crippen molar-refractivity contribution in [3.63, 3.8) is 0 Å². The molecular formula is C9H9BrF3NO. The molecule has 0 aliphatic rings. The first kappa shape index (κ1) is 12.3. The van der Waals surface area contributed by atoms with Gasteiger partial charge < -0.3 is 10.5 Å². The molecule has 0 heterocycles. The number of rotatable bonds is 2. The molecule has 0 aliphatic carbocycles. The fraction of sp³-hybridized carbons (Fsp3) is 0.333. The highest BCUT2D eigenvalue weighted by atomic mass is 79.9. The summed E-state index contributed by atoms with van der Waals surface area (Å²) in [7, 11) is 1.19. The fourth-order valence-electron chi connectivity index (χ4n) is 1.14. The van der Waals surface area contributed by atoms with Crippen LogP contribution < -0.4 is 10.5 Å². The second kappa shape index (κ2) is 4.40. The van der Waals surface area contributed by atoms with Gasteiger partial charge in [-0.15, -0.1) is 0 Å². The van der Waals surface area contributed by atoms with Gasteiger partial charge in [0.2, 0.25) is 0 Å². The summed E-state index contributed by atoms with van der Waals surface area (Å²) in [5.41, 5.74) is 5.12. The van der Waals surface area contributed by atoms with Crippen molar-refractivity contribution >= 4 is 15.9 Å². The summed E-state index contributed by atoms with van der Waals surface area (Å²) in [6, 6.07) is 2.26. The zero-order valence-corrected chi connectivity index (χ0v) is 9.45. The summed E-state index contributed by atoms with van der Waals surface area (Å²) in [5, 5.41) is 0. The molecule has 0 aromatic heterocycles. The van der Waals surface area contributed by atoms with E-state index in [2.05, 4.69) is 20.7 Å². The Balaban J connectivity index is 3.34. The van der Waals surface area contributed by atoms with E-state index in [0.29, 0.717) is 10.0 Å². The molecule has 0 saturated heterocycles. The lowest BCUT2D eigenvalue weighted by Crippen LogP contribution is -2.09. The predicted octanol–water partition coefficient (Wildman–Crippen LogP) is 2.94. The number of ether oxygens (including phenoxy) is 1. The number of benzene rings is 1. The van der Waals surface area contributed by atoms with Gasteiger partial charge >= 0.3 is 6.18 Å². The van der Waals surface area contributed by atoms with E-state index >= 15 is 0 Å². The van der Waals surface area contributed by atoms with Gasteiger partial charge in [-0.3, -0.25) is 0 Å². The third-order valence-electron chi connectivity index (χ3n) is 1.89. The predicted molar refractivity (Wildman–Crippen MR) is 53.6 cm³/mol. The van der Waals surface area contributed by atoms with Crippen molar-refractivity contribution in [1.82, 2.24) is 0 Å². The number of halogens is 4. The zero-order chi connectivity index (χ0) is 11.6. The highest BCUT2D eigenvalue weighted by Crippen LogP contribution is 2.39. The summed E-state index contributed by atoms with van der Waals surface area (Å²) in [5.74, 6) is -0.217. The first-order valence-electron chi connectivity index (χ1n) is 4.03.